The highest BCUT2D eigenvalue weighted by molar-refractivity contribution is 9.10. The van der Waals surface area contributed by atoms with E-state index in [9.17, 15) is 4.79 Å². The molecule has 0 bridgehead atoms. The Hall–Kier alpha value is -3.51. The number of anilines is 3. The lowest BCUT2D eigenvalue weighted by Gasteiger charge is -2.10. The Morgan fingerprint density at radius 2 is 1.59 bits per heavy atom. The van der Waals surface area contributed by atoms with Gasteiger partial charge in [-0.1, -0.05) is 52.3 Å². The van der Waals surface area contributed by atoms with Gasteiger partial charge in [0.15, 0.2) is 0 Å². The molecule has 1 aromatic heterocycles. The third-order valence-corrected chi connectivity index (χ3v) is 4.76. The highest BCUT2D eigenvalue weighted by atomic mass is 79.9. The molecule has 142 valence electrons. The molecule has 0 aliphatic heterocycles. The summed E-state index contributed by atoms with van der Waals surface area (Å²) in [5.74, 6) is 0.480. The lowest BCUT2D eigenvalue weighted by Crippen LogP contribution is -2.12. The number of carbonyl (C=O) groups excluding carboxylic acids is 1. The third-order valence-electron chi connectivity index (χ3n) is 4.24. The van der Waals surface area contributed by atoms with E-state index < -0.39 is 0 Å². The molecule has 4 aromatic rings. The zero-order valence-corrected chi connectivity index (χ0v) is 16.9. The van der Waals surface area contributed by atoms with E-state index in [1.54, 1.807) is 12.1 Å². The van der Waals surface area contributed by atoms with Gasteiger partial charge >= 0.3 is 0 Å². The van der Waals surface area contributed by atoms with Gasteiger partial charge < -0.3 is 10.6 Å². The minimum atomic E-state index is -0.177. The van der Waals surface area contributed by atoms with E-state index in [0.717, 1.165) is 27.1 Å². The zero-order chi connectivity index (χ0) is 20.1. The van der Waals surface area contributed by atoms with E-state index in [2.05, 4.69) is 36.5 Å². The first kappa shape index (κ1) is 18.8. The van der Waals surface area contributed by atoms with Gasteiger partial charge in [-0.2, -0.15) is 0 Å². The molecule has 0 aliphatic rings. The number of amides is 1. The molecule has 0 saturated heterocycles. The predicted octanol–water partition coefficient (Wildman–Crippen LogP) is 5.90. The van der Waals surface area contributed by atoms with Gasteiger partial charge in [0, 0.05) is 33.0 Å². The quantitative estimate of drug-likeness (QED) is 0.401. The van der Waals surface area contributed by atoms with Crippen LogP contribution in [0.2, 0.25) is 0 Å². The second kappa shape index (κ2) is 8.67. The highest BCUT2D eigenvalue weighted by Gasteiger charge is 2.08. The van der Waals surface area contributed by atoms with E-state index in [1.807, 2.05) is 72.8 Å². The summed E-state index contributed by atoms with van der Waals surface area (Å²) in [6, 6.07) is 26.5. The second-order valence-electron chi connectivity index (χ2n) is 6.32. The Labute approximate surface area is 177 Å². The molecule has 1 heterocycles. The van der Waals surface area contributed by atoms with Crippen molar-refractivity contribution in [3.8, 4) is 11.3 Å². The lowest BCUT2D eigenvalue weighted by atomic mass is 10.1. The minimum absolute atomic E-state index is 0.177. The van der Waals surface area contributed by atoms with E-state index in [1.165, 1.54) is 6.33 Å². The Balaban J connectivity index is 1.50. The molecule has 29 heavy (non-hydrogen) atoms. The number of hydrogen-bond acceptors (Lipinski definition) is 4. The van der Waals surface area contributed by atoms with Crippen LogP contribution in [0.1, 0.15) is 10.4 Å². The van der Waals surface area contributed by atoms with E-state index >= 15 is 0 Å². The number of carbonyl (C=O) groups is 1. The number of benzene rings is 3. The molecular formula is C23H17BrN4O. The first-order valence-electron chi connectivity index (χ1n) is 8.99. The maximum Gasteiger partial charge on any atom is 0.255 e. The van der Waals surface area contributed by atoms with Crippen LogP contribution in [0.3, 0.4) is 0 Å². The van der Waals surface area contributed by atoms with Gasteiger partial charge in [-0.3, -0.25) is 4.79 Å². The van der Waals surface area contributed by atoms with Crippen molar-refractivity contribution in [2.45, 2.75) is 0 Å². The van der Waals surface area contributed by atoms with Gasteiger partial charge in [-0.15, -0.1) is 0 Å². The molecule has 0 aliphatic carbocycles. The Morgan fingerprint density at radius 1 is 0.793 bits per heavy atom. The molecule has 4 rings (SSSR count). The molecule has 3 aromatic carbocycles. The van der Waals surface area contributed by atoms with Gasteiger partial charge in [-0.25, -0.2) is 9.97 Å². The maximum atomic E-state index is 12.6. The van der Waals surface area contributed by atoms with Gasteiger partial charge in [0.05, 0.1) is 5.69 Å². The molecule has 1 amide bonds. The summed E-state index contributed by atoms with van der Waals surface area (Å²) in [5.41, 5.74) is 3.90. The van der Waals surface area contributed by atoms with Crippen molar-refractivity contribution in [1.29, 1.82) is 0 Å². The standard InChI is InChI=1S/C23H17BrN4O/c24-18-9-11-19(12-10-18)28-23(29)17-7-4-8-20(13-17)27-22-14-21(25-15-26-22)16-5-2-1-3-6-16/h1-15H,(H,28,29)(H,25,26,27). The average Bonchev–Trinajstić information content (AvgIpc) is 2.76. The smallest absolute Gasteiger partial charge is 0.255 e. The van der Waals surface area contributed by atoms with Gasteiger partial charge in [0.2, 0.25) is 0 Å². The zero-order valence-electron chi connectivity index (χ0n) is 15.3. The fourth-order valence-electron chi connectivity index (χ4n) is 2.82. The second-order valence-corrected chi connectivity index (χ2v) is 7.24. The van der Waals surface area contributed by atoms with Crippen LogP contribution in [0.4, 0.5) is 17.2 Å². The lowest BCUT2D eigenvalue weighted by molar-refractivity contribution is 0.102. The van der Waals surface area contributed by atoms with Gasteiger partial charge in [0.1, 0.15) is 12.1 Å². The van der Waals surface area contributed by atoms with Crippen LogP contribution < -0.4 is 10.6 Å². The number of halogens is 1. The first-order valence-corrected chi connectivity index (χ1v) is 9.78. The molecule has 5 nitrogen and oxygen atoms in total. The van der Waals surface area contributed by atoms with Crippen LogP contribution in [0.15, 0.2) is 95.7 Å². The predicted molar refractivity (Wildman–Crippen MR) is 119 cm³/mol. The monoisotopic (exact) mass is 444 g/mol. The SMILES string of the molecule is O=C(Nc1ccc(Br)cc1)c1cccc(Nc2cc(-c3ccccc3)ncn2)c1. The molecule has 0 saturated carbocycles. The van der Waals surface area contributed by atoms with Crippen molar-refractivity contribution < 1.29 is 4.79 Å². The normalized spacial score (nSPS) is 10.4. The Kier molecular flexibility index (Phi) is 5.63. The molecule has 6 heteroatoms. The van der Waals surface area contributed by atoms with E-state index in [-0.39, 0.29) is 5.91 Å². The van der Waals surface area contributed by atoms with Gasteiger partial charge in [-0.05, 0) is 42.5 Å². The number of hydrogen-bond donors (Lipinski definition) is 2. The fourth-order valence-corrected chi connectivity index (χ4v) is 3.08. The number of nitrogens with zero attached hydrogens (tertiary/aromatic N) is 2. The largest absolute Gasteiger partial charge is 0.340 e. The number of aromatic nitrogens is 2. The Morgan fingerprint density at radius 3 is 2.38 bits per heavy atom. The summed E-state index contributed by atoms with van der Waals surface area (Å²) in [7, 11) is 0. The molecule has 0 unspecified atom stereocenters. The molecule has 0 spiro atoms. The van der Waals surface area contributed by atoms with Crippen molar-refractivity contribution in [3.63, 3.8) is 0 Å². The minimum Gasteiger partial charge on any atom is -0.340 e. The van der Waals surface area contributed by atoms with Crippen LogP contribution in [0.5, 0.6) is 0 Å². The highest BCUT2D eigenvalue weighted by Crippen LogP contribution is 2.22. The summed E-state index contributed by atoms with van der Waals surface area (Å²) in [6.45, 7) is 0. The fraction of sp³-hybridized carbons (Fsp3) is 0. The van der Waals surface area contributed by atoms with E-state index in [4.69, 9.17) is 0 Å². The molecular weight excluding hydrogens is 428 g/mol. The molecule has 0 atom stereocenters. The molecule has 2 N–H and O–H groups in total. The van der Waals surface area contributed by atoms with Crippen molar-refractivity contribution in [2.75, 3.05) is 10.6 Å². The average molecular weight is 445 g/mol. The van der Waals surface area contributed by atoms with Crippen LogP contribution in [0.25, 0.3) is 11.3 Å². The summed E-state index contributed by atoms with van der Waals surface area (Å²) in [5, 5.41) is 6.14. The first-order chi connectivity index (χ1) is 14.2. The van der Waals surface area contributed by atoms with Crippen molar-refractivity contribution >= 4 is 39.0 Å². The van der Waals surface area contributed by atoms with Crippen LogP contribution in [0, 0.1) is 0 Å². The topological polar surface area (TPSA) is 66.9 Å². The summed E-state index contributed by atoms with van der Waals surface area (Å²) < 4.78 is 0.960. The summed E-state index contributed by atoms with van der Waals surface area (Å²) in [4.78, 5) is 21.2. The Bertz CT molecular complexity index is 1130. The van der Waals surface area contributed by atoms with Crippen molar-refractivity contribution in [2.24, 2.45) is 0 Å². The van der Waals surface area contributed by atoms with Crippen LogP contribution in [-0.2, 0) is 0 Å². The van der Waals surface area contributed by atoms with Crippen molar-refractivity contribution in [3.05, 3.63) is 101 Å². The molecule has 0 fully saturated rings. The summed E-state index contributed by atoms with van der Waals surface area (Å²) in [6.07, 6.45) is 1.52. The number of nitrogens with one attached hydrogen (secondary N) is 2. The van der Waals surface area contributed by atoms with Crippen LogP contribution in [-0.4, -0.2) is 15.9 Å². The third kappa shape index (κ3) is 4.86. The number of rotatable bonds is 5. The van der Waals surface area contributed by atoms with Gasteiger partial charge in [0.25, 0.3) is 5.91 Å². The maximum absolute atomic E-state index is 12.6. The van der Waals surface area contributed by atoms with E-state index in [0.29, 0.717) is 11.4 Å². The summed E-state index contributed by atoms with van der Waals surface area (Å²) >= 11 is 3.39. The van der Waals surface area contributed by atoms with Crippen molar-refractivity contribution in [1.82, 2.24) is 9.97 Å². The van der Waals surface area contributed by atoms with Crippen LogP contribution >= 0.6 is 15.9 Å². The molecule has 0 radical (unpaired) electrons.